The van der Waals surface area contributed by atoms with Gasteiger partial charge in [0, 0.05) is 11.3 Å². The van der Waals surface area contributed by atoms with Crippen molar-refractivity contribution in [3.8, 4) is 11.5 Å². The van der Waals surface area contributed by atoms with Crippen LogP contribution in [0.3, 0.4) is 0 Å². The second-order valence-electron chi connectivity index (χ2n) is 3.90. The third-order valence-corrected chi connectivity index (χ3v) is 2.78. The molecule has 0 saturated heterocycles. The lowest BCUT2D eigenvalue weighted by Gasteiger charge is -2.09. The highest BCUT2D eigenvalue weighted by Gasteiger charge is 2.10. The molecule has 1 amide bonds. The number of amides is 1. The molecule has 0 atom stereocenters. The molecule has 0 bridgehead atoms. The molecular formula is C14H20N2O3. The fourth-order valence-electron chi connectivity index (χ4n) is 1.58. The summed E-state index contributed by atoms with van der Waals surface area (Å²) < 4.78 is 10.3. The first-order chi connectivity index (χ1) is 9.15. The van der Waals surface area contributed by atoms with Gasteiger partial charge in [0.15, 0.2) is 11.5 Å². The van der Waals surface area contributed by atoms with Crippen LogP contribution in [0.25, 0.3) is 0 Å². The minimum Gasteiger partial charge on any atom is -0.493 e. The summed E-state index contributed by atoms with van der Waals surface area (Å²) in [5.41, 5.74) is 3.97. The van der Waals surface area contributed by atoms with Crippen molar-refractivity contribution in [2.24, 2.45) is 5.10 Å². The van der Waals surface area contributed by atoms with Gasteiger partial charge in [-0.25, -0.2) is 5.43 Å². The monoisotopic (exact) mass is 264 g/mol. The number of ether oxygens (including phenoxy) is 2. The molecule has 0 fully saturated rings. The van der Waals surface area contributed by atoms with Gasteiger partial charge in [-0.3, -0.25) is 4.79 Å². The fourth-order valence-corrected chi connectivity index (χ4v) is 1.58. The number of rotatable bonds is 6. The fraction of sp³-hybridized carbons (Fsp3) is 0.429. The Morgan fingerprint density at radius 1 is 1.16 bits per heavy atom. The topological polar surface area (TPSA) is 59.9 Å². The maximum atomic E-state index is 11.9. The highest BCUT2D eigenvalue weighted by Crippen LogP contribution is 2.27. The number of hydrazone groups is 1. The van der Waals surface area contributed by atoms with Crippen molar-refractivity contribution in [1.29, 1.82) is 0 Å². The molecule has 1 rings (SSSR count). The minimum absolute atomic E-state index is 0.264. The molecule has 0 heterocycles. The first-order valence-electron chi connectivity index (χ1n) is 6.24. The van der Waals surface area contributed by atoms with Crippen molar-refractivity contribution in [3.05, 3.63) is 23.8 Å². The van der Waals surface area contributed by atoms with Crippen molar-refractivity contribution < 1.29 is 14.3 Å². The predicted molar refractivity (Wildman–Crippen MR) is 75.0 cm³/mol. The van der Waals surface area contributed by atoms with Crippen LogP contribution in [0.5, 0.6) is 11.5 Å². The van der Waals surface area contributed by atoms with E-state index in [2.05, 4.69) is 10.5 Å². The summed E-state index contributed by atoms with van der Waals surface area (Å²) in [6.07, 6.45) is 1.64. The Morgan fingerprint density at radius 3 is 2.32 bits per heavy atom. The SMILES string of the molecule is CCC(CC)=NNC(=O)c1ccc(OC)c(OC)c1. The van der Waals surface area contributed by atoms with Gasteiger partial charge in [-0.2, -0.15) is 5.10 Å². The quantitative estimate of drug-likeness (QED) is 0.634. The Labute approximate surface area is 113 Å². The lowest BCUT2D eigenvalue weighted by Crippen LogP contribution is -2.19. The van der Waals surface area contributed by atoms with Crippen LogP contribution in [0.4, 0.5) is 0 Å². The van der Waals surface area contributed by atoms with Crippen LogP contribution in [0.15, 0.2) is 23.3 Å². The van der Waals surface area contributed by atoms with Crippen molar-refractivity contribution in [1.82, 2.24) is 5.43 Å². The van der Waals surface area contributed by atoms with Crippen LogP contribution in [0.1, 0.15) is 37.0 Å². The van der Waals surface area contributed by atoms with Crippen LogP contribution < -0.4 is 14.9 Å². The van der Waals surface area contributed by atoms with E-state index < -0.39 is 0 Å². The largest absolute Gasteiger partial charge is 0.493 e. The number of nitrogens with zero attached hydrogens (tertiary/aromatic N) is 1. The number of carbonyl (C=O) groups is 1. The van der Waals surface area contributed by atoms with E-state index in [-0.39, 0.29) is 5.91 Å². The molecular weight excluding hydrogens is 244 g/mol. The standard InChI is InChI=1S/C14H20N2O3/c1-5-11(6-2)15-16-14(17)10-7-8-12(18-3)13(9-10)19-4/h7-9H,5-6H2,1-4H3,(H,16,17). The first-order valence-corrected chi connectivity index (χ1v) is 6.24. The lowest BCUT2D eigenvalue weighted by atomic mass is 10.2. The number of benzene rings is 1. The number of carbonyl (C=O) groups excluding carboxylic acids is 1. The van der Waals surface area contributed by atoms with Gasteiger partial charge < -0.3 is 9.47 Å². The van der Waals surface area contributed by atoms with Gasteiger partial charge in [-0.05, 0) is 31.0 Å². The number of methoxy groups -OCH3 is 2. The molecule has 0 unspecified atom stereocenters. The third kappa shape index (κ3) is 3.98. The van der Waals surface area contributed by atoms with Crippen LogP contribution in [-0.2, 0) is 0 Å². The summed E-state index contributed by atoms with van der Waals surface area (Å²) in [4.78, 5) is 11.9. The molecule has 0 aliphatic rings. The molecule has 0 aromatic heterocycles. The van der Waals surface area contributed by atoms with Gasteiger partial charge in [-0.1, -0.05) is 13.8 Å². The Hall–Kier alpha value is -2.04. The summed E-state index contributed by atoms with van der Waals surface area (Å²) in [6, 6.07) is 4.99. The van der Waals surface area contributed by atoms with E-state index in [0.717, 1.165) is 18.6 Å². The first kappa shape index (κ1) is 15.0. The van der Waals surface area contributed by atoms with Crippen LogP contribution in [-0.4, -0.2) is 25.8 Å². The van der Waals surface area contributed by atoms with Crippen LogP contribution >= 0.6 is 0 Å². The van der Waals surface area contributed by atoms with Crippen molar-refractivity contribution in [2.75, 3.05) is 14.2 Å². The number of nitrogens with one attached hydrogen (secondary N) is 1. The van der Waals surface area contributed by atoms with E-state index in [1.54, 1.807) is 25.3 Å². The summed E-state index contributed by atoms with van der Waals surface area (Å²) in [5, 5.41) is 4.08. The molecule has 0 saturated carbocycles. The van der Waals surface area contributed by atoms with Gasteiger partial charge in [0.2, 0.25) is 0 Å². The molecule has 0 radical (unpaired) electrons. The molecule has 1 aromatic rings. The number of hydrogen-bond donors (Lipinski definition) is 1. The zero-order valence-electron chi connectivity index (χ0n) is 11.8. The Morgan fingerprint density at radius 2 is 1.79 bits per heavy atom. The molecule has 0 aliphatic carbocycles. The van der Waals surface area contributed by atoms with Crippen molar-refractivity contribution >= 4 is 11.6 Å². The Kier molecular flexibility index (Phi) is 5.85. The molecule has 104 valence electrons. The normalized spacial score (nSPS) is 9.68. The van der Waals surface area contributed by atoms with Crippen LogP contribution in [0, 0.1) is 0 Å². The van der Waals surface area contributed by atoms with Gasteiger partial charge in [0.25, 0.3) is 5.91 Å². The summed E-state index contributed by atoms with van der Waals surface area (Å²) in [5.74, 6) is 0.844. The highest BCUT2D eigenvalue weighted by atomic mass is 16.5. The Bertz CT molecular complexity index is 464. The summed E-state index contributed by atoms with van der Waals surface area (Å²) in [7, 11) is 3.08. The second kappa shape index (κ2) is 7.41. The summed E-state index contributed by atoms with van der Waals surface area (Å²) >= 11 is 0. The number of hydrogen-bond acceptors (Lipinski definition) is 4. The van der Waals surface area contributed by atoms with Gasteiger partial charge in [0.05, 0.1) is 14.2 Å². The second-order valence-corrected chi connectivity index (χ2v) is 3.90. The van der Waals surface area contributed by atoms with E-state index in [0.29, 0.717) is 17.1 Å². The van der Waals surface area contributed by atoms with Gasteiger partial charge in [-0.15, -0.1) is 0 Å². The third-order valence-electron chi connectivity index (χ3n) is 2.78. The van der Waals surface area contributed by atoms with E-state index in [9.17, 15) is 4.79 Å². The maximum Gasteiger partial charge on any atom is 0.271 e. The van der Waals surface area contributed by atoms with E-state index in [1.165, 1.54) is 7.11 Å². The molecule has 5 nitrogen and oxygen atoms in total. The average Bonchev–Trinajstić information content (AvgIpc) is 2.47. The summed E-state index contributed by atoms with van der Waals surface area (Å²) in [6.45, 7) is 4.01. The molecule has 0 spiro atoms. The van der Waals surface area contributed by atoms with E-state index in [1.807, 2.05) is 13.8 Å². The smallest absolute Gasteiger partial charge is 0.271 e. The van der Waals surface area contributed by atoms with Crippen LogP contribution in [0.2, 0.25) is 0 Å². The van der Waals surface area contributed by atoms with E-state index >= 15 is 0 Å². The predicted octanol–water partition coefficient (Wildman–Crippen LogP) is 2.61. The average molecular weight is 264 g/mol. The van der Waals surface area contributed by atoms with Crippen molar-refractivity contribution in [2.45, 2.75) is 26.7 Å². The van der Waals surface area contributed by atoms with Gasteiger partial charge >= 0.3 is 0 Å². The zero-order chi connectivity index (χ0) is 14.3. The molecule has 1 aromatic carbocycles. The molecule has 1 N–H and O–H groups in total. The minimum atomic E-state index is -0.264. The maximum absolute atomic E-state index is 11.9. The molecule has 19 heavy (non-hydrogen) atoms. The van der Waals surface area contributed by atoms with E-state index in [4.69, 9.17) is 9.47 Å². The molecule has 5 heteroatoms. The zero-order valence-corrected chi connectivity index (χ0v) is 11.8. The lowest BCUT2D eigenvalue weighted by molar-refractivity contribution is 0.0954. The van der Waals surface area contributed by atoms with Gasteiger partial charge in [0.1, 0.15) is 0 Å². The molecule has 0 aliphatic heterocycles. The van der Waals surface area contributed by atoms with Crippen molar-refractivity contribution in [3.63, 3.8) is 0 Å². The highest BCUT2D eigenvalue weighted by molar-refractivity contribution is 5.96. The Balaban J connectivity index is 2.86.